The Kier molecular flexibility index (Phi) is 4.04. The number of carboxylic acid groups (broad SMARTS) is 1. The number of halogens is 2. The van der Waals surface area contributed by atoms with Crippen molar-refractivity contribution in [3.05, 3.63) is 29.0 Å². The normalized spacial score (nSPS) is 22.2. The topological polar surface area (TPSA) is 66.4 Å². The van der Waals surface area contributed by atoms with Crippen molar-refractivity contribution in [3.63, 3.8) is 0 Å². The van der Waals surface area contributed by atoms with Gasteiger partial charge in [-0.15, -0.1) is 0 Å². The number of carboxylic acids is 1. The lowest BCUT2D eigenvalue weighted by atomic mass is 10.0. The molecule has 0 radical (unpaired) electrons. The standard InChI is InChI=1S/C13H13ClFNO3/c14-9-4-10(15)6-11(5-9)16-12(17)7-1-2-8(3-7)13(18)19/h4-8H,1-3H2,(H,16,17)(H,18,19). The Labute approximate surface area is 114 Å². The van der Waals surface area contributed by atoms with Gasteiger partial charge in [0.1, 0.15) is 5.82 Å². The van der Waals surface area contributed by atoms with E-state index in [1.807, 2.05) is 0 Å². The first-order valence-corrected chi connectivity index (χ1v) is 6.33. The smallest absolute Gasteiger partial charge is 0.306 e. The predicted octanol–water partition coefficient (Wildman–Crippen LogP) is 2.92. The van der Waals surface area contributed by atoms with Crippen LogP contribution >= 0.6 is 11.6 Å². The number of benzene rings is 1. The van der Waals surface area contributed by atoms with Crippen molar-refractivity contribution >= 4 is 29.2 Å². The molecule has 1 fully saturated rings. The van der Waals surface area contributed by atoms with Crippen molar-refractivity contribution in [2.24, 2.45) is 11.8 Å². The summed E-state index contributed by atoms with van der Waals surface area (Å²) < 4.78 is 13.1. The monoisotopic (exact) mass is 285 g/mol. The van der Waals surface area contributed by atoms with Crippen molar-refractivity contribution in [1.29, 1.82) is 0 Å². The molecule has 4 nitrogen and oxygen atoms in total. The van der Waals surface area contributed by atoms with E-state index < -0.39 is 17.7 Å². The van der Waals surface area contributed by atoms with Gasteiger partial charge in [-0.3, -0.25) is 9.59 Å². The average molecular weight is 286 g/mol. The molecule has 1 aliphatic rings. The second-order valence-corrected chi connectivity index (χ2v) is 5.13. The van der Waals surface area contributed by atoms with E-state index in [1.54, 1.807) is 0 Å². The van der Waals surface area contributed by atoms with E-state index in [0.29, 0.717) is 19.3 Å². The number of anilines is 1. The minimum absolute atomic E-state index is 0.199. The predicted molar refractivity (Wildman–Crippen MR) is 68.5 cm³/mol. The Morgan fingerprint density at radius 1 is 1.26 bits per heavy atom. The maximum Gasteiger partial charge on any atom is 0.306 e. The fourth-order valence-corrected chi connectivity index (χ4v) is 2.54. The highest BCUT2D eigenvalue weighted by molar-refractivity contribution is 6.30. The molecule has 1 amide bonds. The molecule has 1 saturated carbocycles. The zero-order chi connectivity index (χ0) is 14.0. The van der Waals surface area contributed by atoms with Gasteiger partial charge < -0.3 is 10.4 Å². The van der Waals surface area contributed by atoms with Gasteiger partial charge in [-0.05, 0) is 37.5 Å². The molecule has 6 heteroatoms. The van der Waals surface area contributed by atoms with Crippen molar-refractivity contribution in [2.45, 2.75) is 19.3 Å². The van der Waals surface area contributed by atoms with Crippen LogP contribution in [0.4, 0.5) is 10.1 Å². The number of carbonyl (C=O) groups excluding carboxylic acids is 1. The van der Waals surface area contributed by atoms with Crippen LogP contribution < -0.4 is 5.32 Å². The SMILES string of the molecule is O=C(O)C1CCC(C(=O)Nc2cc(F)cc(Cl)c2)C1. The van der Waals surface area contributed by atoms with Crippen LogP contribution in [-0.2, 0) is 9.59 Å². The Bertz CT molecular complexity index is 500. The first kappa shape index (κ1) is 13.8. The van der Waals surface area contributed by atoms with Crippen LogP contribution in [0, 0.1) is 17.7 Å². The minimum atomic E-state index is -0.871. The third-order valence-electron chi connectivity index (χ3n) is 3.28. The zero-order valence-electron chi connectivity index (χ0n) is 10.0. The highest BCUT2D eigenvalue weighted by atomic mass is 35.5. The van der Waals surface area contributed by atoms with Gasteiger partial charge in [0.25, 0.3) is 0 Å². The van der Waals surface area contributed by atoms with E-state index in [2.05, 4.69) is 5.32 Å². The number of nitrogens with one attached hydrogen (secondary N) is 1. The van der Waals surface area contributed by atoms with Crippen LogP contribution in [0.25, 0.3) is 0 Å². The first-order valence-electron chi connectivity index (χ1n) is 5.95. The molecule has 0 spiro atoms. The highest BCUT2D eigenvalue weighted by Gasteiger charge is 2.33. The van der Waals surface area contributed by atoms with E-state index in [1.165, 1.54) is 12.1 Å². The van der Waals surface area contributed by atoms with Crippen LogP contribution in [-0.4, -0.2) is 17.0 Å². The summed E-state index contributed by atoms with van der Waals surface area (Å²) in [5.74, 6) is -2.50. The van der Waals surface area contributed by atoms with E-state index in [4.69, 9.17) is 16.7 Å². The van der Waals surface area contributed by atoms with Crippen molar-refractivity contribution in [3.8, 4) is 0 Å². The van der Waals surface area contributed by atoms with Gasteiger partial charge in [0, 0.05) is 16.6 Å². The summed E-state index contributed by atoms with van der Waals surface area (Å²) in [5.41, 5.74) is 0.286. The third-order valence-corrected chi connectivity index (χ3v) is 3.50. The minimum Gasteiger partial charge on any atom is -0.481 e. The zero-order valence-corrected chi connectivity index (χ0v) is 10.8. The molecule has 0 bridgehead atoms. The molecule has 2 atom stereocenters. The summed E-state index contributed by atoms with van der Waals surface area (Å²) in [4.78, 5) is 22.8. The molecule has 0 saturated heterocycles. The van der Waals surface area contributed by atoms with Gasteiger partial charge in [0.2, 0.25) is 5.91 Å². The van der Waals surface area contributed by atoms with Gasteiger partial charge >= 0.3 is 5.97 Å². The Morgan fingerprint density at radius 2 is 1.95 bits per heavy atom. The Morgan fingerprint density at radius 3 is 2.53 bits per heavy atom. The average Bonchev–Trinajstić information content (AvgIpc) is 2.76. The third kappa shape index (κ3) is 3.44. The number of rotatable bonds is 3. The van der Waals surface area contributed by atoms with Crippen molar-refractivity contribution in [2.75, 3.05) is 5.32 Å². The maximum atomic E-state index is 13.1. The first-order chi connectivity index (χ1) is 8.95. The van der Waals surface area contributed by atoms with Crippen molar-refractivity contribution < 1.29 is 19.1 Å². The van der Waals surface area contributed by atoms with E-state index in [0.717, 1.165) is 6.07 Å². The lowest BCUT2D eigenvalue weighted by molar-refractivity contribution is -0.141. The summed E-state index contributed by atoms with van der Waals surface area (Å²) >= 11 is 5.69. The summed E-state index contributed by atoms with van der Waals surface area (Å²) in [6, 6.07) is 3.77. The molecular weight excluding hydrogens is 273 g/mol. The lowest BCUT2D eigenvalue weighted by Crippen LogP contribution is -2.21. The fourth-order valence-electron chi connectivity index (χ4n) is 2.31. The van der Waals surface area contributed by atoms with Crippen LogP contribution in [0.15, 0.2) is 18.2 Å². The van der Waals surface area contributed by atoms with E-state index >= 15 is 0 Å². The second kappa shape index (κ2) is 5.57. The molecule has 102 valence electrons. The summed E-state index contributed by atoms with van der Waals surface area (Å²) in [6.07, 6.45) is 1.35. The van der Waals surface area contributed by atoms with Gasteiger partial charge in [0.05, 0.1) is 5.92 Å². The Hall–Kier alpha value is -1.62. The lowest BCUT2D eigenvalue weighted by Gasteiger charge is -2.11. The van der Waals surface area contributed by atoms with E-state index in [9.17, 15) is 14.0 Å². The van der Waals surface area contributed by atoms with Crippen molar-refractivity contribution in [1.82, 2.24) is 0 Å². The van der Waals surface area contributed by atoms with Gasteiger partial charge in [-0.1, -0.05) is 11.6 Å². The molecule has 0 aromatic heterocycles. The molecule has 1 aromatic rings. The largest absolute Gasteiger partial charge is 0.481 e. The molecular formula is C13H13ClFNO3. The quantitative estimate of drug-likeness (QED) is 0.897. The van der Waals surface area contributed by atoms with Crippen LogP contribution in [0.3, 0.4) is 0 Å². The number of hydrogen-bond acceptors (Lipinski definition) is 2. The maximum absolute atomic E-state index is 13.1. The molecule has 0 aliphatic heterocycles. The summed E-state index contributed by atoms with van der Waals surface area (Å²) in [5, 5.41) is 11.6. The van der Waals surface area contributed by atoms with Gasteiger partial charge in [0.15, 0.2) is 0 Å². The number of hydrogen-bond donors (Lipinski definition) is 2. The molecule has 1 aliphatic carbocycles. The number of aliphatic carboxylic acids is 1. The molecule has 19 heavy (non-hydrogen) atoms. The summed E-state index contributed by atoms with van der Waals surface area (Å²) in [6.45, 7) is 0. The second-order valence-electron chi connectivity index (χ2n) is 4.69. The van der Waals surface area contributed by atoms with E-state index in [-0.39, 0.29) is 22.5 Å². The number of amides is 1. The molecule has 2 N–H and O–H groups in total. The molecule has 2 rings (SSSR count). The summed E-state index contributed by atoms with van der Waals surface area (Å²) in [7, 11) is 0. The molecule has 2 unspecified atom stereocenters. The van der Waals surface area contributed by atoms with Gasteiger partial charge in [-0.2, -0.15) is 0 Å². The molecule has 0 heterocycles. The van der Waals surface area contributed by atoms with Crippen LogP contribution in [0.5, 0.6) is 0 Å². The Balaban J connectivity index is 2.00. The number of carbonyl (C=O) groups is 2. The molecule has 1 aromatic carbocycles. The highest BCUT2D eigenvalue weighted by Crippen LogP contribution is 2.32. The van der Waals surface area contributed by atoms with Crippen LogP contribution in [0.2, 0.25) is 5.02 Å². The fraction of sp³-hybridized carbons (Fsp3) is 0.385. The van der Waals surface area contributed by atoms with Crippen LogP contribution in [0.1, 0.15) is 19.3 Å². The van der Waals surface area contributed by atoms with Gasteiger partial charge in [-0.25, -0.2) is 4.39 Å².